The Labute approximate surface area is 119 Å². The summed E-state index contributed by atoms with van der Waals surface area (Å²) in [6.45, 7) is 4.25. The molecule has 1 rings (SSSR count). The summed E-state index contributed by atoms with van der Waals surface area (Å²) in [7, 11) is 3.38. The minimum absolute atomic E-state index is 0.0405. The highest BCUT2D eigenvalue weighted by Crippen LogP contribution is 2.12. The van der Waals surface area contributed by atoms with Crippen LogP contribution in [0, 0.1) is 17.6 Å². The quantitative estimate of drug-likeness (QED) is 0.870. The number of nitrogens with zero attached hydrogens (tertiary/aromatic N) is 1. The van der Waals surface area contributed by atoms with Gasteiger partial charge in [-0.05, 0) is 18.4 Å². The summed E-state index contributed by atoms with van der Waals surface area (Å²) in [5.74, 6) is -0.900. The van der Waals surface area contributed by atoms with Crippen molar-refractivity contribution in [2.24, 2.45) is 5.92 Å². The van der Waals surface area contributed by atoms with Crippen LogP contribution in [0.15, 0.2) is 18.2 Å². The molecule has 0 aliphatic heterocycles. The van der Waals surface area contributed by atoms with E-state index in [2.05, 4.69) is 5.32 Å². The molecule has 20 heavy (non-hydrogen) atoms. The number of carbonyl (C=O) groups is 1. The molecule has 0 aromatic heterocycles. The zero-order chi connectivity index (χ0) is 15.3. The van der Waals surface area contributed by atoms with Gasteiger partial charge in [-0.3, -0.25) is 4.79 Å². The first-order chi connectivity index (χ1) is 9.31. The number of carbonyl (C=O) groups excluding carboxylic acids is 1. The summed E-state index contributed by atoms with van der Waals surface area (Å²) in [5.41, 5.74) is 0.353. The highest BCUT2D eigenvalue weighted by molar-refractivity contribution is 5.81. The average Bonchev–Trinajstić information content (AvgIpc) is 2.34. The van der Waals surface area contributed by atoms with Gasteiger partial charge in [-0.15, -0.1) is 0 Å². The summed E-state index contributed by atoms with van der Waals surface area (Å²) in [6.07, 6.45) is 0.666. The Balaban J connectivity index is 2.72. The lowest BCUT2D eigenvalue weighted by Crippen LogP contribution is -2.44. The maximum Gasteiger partial charge on any atom is 0.239 e. The van der Waals surface area contributed by atoms with Gasteiger partial charge in [0.15, 0.2) is 0 Å². The van der Waals surface area contributed by atoms with Crippen LogP contribution in [0.2, 0.25) is 0 Å². The zero-order valence-corrected chi connectivity index (χ0v) is 12.4. The van der Waals surface area contributed by atoms with Crippen molar-refractivity contribution in [3.05, 3.63) is 35.4 Å². The van der Waals surface area contributed by atoms with Crippen molar-refractivity contribution in [2.75, 3.05) is 14.1 Å². The van der Waals surface area contributed by atoms with Crippen LogP contribution in [0.4, 0.5) is 8.78 Å². The van der Waals surface area contributed by atoms with E-state index < -0.39 is 11.6 Å². The molecule has 0 aliphatic rings. The predicted molar refractivity (Wildman–Crippen MR) is 75.1 cm³/mol. The Hall–Kier alpha value is -1.49. The first-order valence-electron chi connectivity index (χ1n) is 6.69. The minimum Gasteiger partial charge on any atom is -0.347 e. The van der Waals surface area contributed by atoms with Gasteiger partial charge in [-0.1, -0.05) is 19.9 Å². The first kappa shape index (κ1) is 16.6. The predicted octanol–water partition coefficient (Wildman–Crippen LogP) is 2.56. The normalized spacial score (nSPS) is 12.6. The van der Waals surface area contributed by atoms with Gasteiger partial charge in [0.25, 0.3) is 0 Å². The van der Waals surface area contributed by atoms with Crippen LogP contribution in [-0.2, 0) is 11.3 Å². The van der Waals surface area contributed by atoms with E-state index >= 15 is 0 Å². The minimum atomic E-state index is -0.602. The van der Waals surface area contributed by atoms with Crippen molar-refractivity contribution < 1.29 is 13.6 Å². The molecule has 0 saturated carbocycles. The van der Waals surface area contributed by atoms with E-state index in [1.165, 1.54) is 17.0 Å². The lowest BCUT2D eigenvalue weighted by molar-refractivity contribution is -0.131. The number of benzene rings is 1. The second-order valence-electron chi connectivity index (χ2n) is 5.53. The van der Waals surface area contributed by atoms with Crippen molar-refractivity contribution in [1.82, 2.24) is 10.2 Å². The third-order valence-corrected chi connectivity index (χ3v) is 3.00. The Morgan fingerprint density at radius 2 is 1.95 bits per heavy atom. The molecule has 0 radical (unpaired) electrons. The molecule has 0 saturated heterocycles. The monoisotopic (exact) mass is 284 g/mol. The molecular weight excluding hydrogens is 262 g/mol. The molecule has 0 bridgehead atoms. The van der Waals surface area contributed by atoms with Crippen LogP contribution in [0.5, 0.6) is 0 Å². The van der Waals surface area contributed by atoms with Crippen molar-refractivity contribution in [1.29, 1.82) is 0 Å². The lowest BCUT2D eigenvalue weighted by atomic mass is 10.0. The molecule has 1 aromatic rings. The molecule has 3 nitrogen and oxygen atoms in total. The number of likely N-dealkylation sites (N-methyl/N-ethyl adjacent to an activating group) is 1. The van der Waals surface area contributed by atoms with E-state index in [1.54, 1.807) is 14.1 Å². The van der Waals surface area contributed by atoms with E-state index in [0.29, 0.717) is 17.9 Å². The standard InChI is InChI=1S/C15H22F2N2O/c1-10(2)7-14(15(20)19(3)4)18-9-11-5-6-12(16)8-13(11)17/h5-6,8,10,14,18H,7,9H2,1-4H3. The smallest absolute Gasteiger partial charge is 0.239 e. The third kappa shape index (κ3) is 4.89. The molecule has 1 aromatic carbocycles. The SMILES string of the molecule is CC(C)CC(NCc1ccc(F)cc1F)C(=O)N(C)C. The van der Waals surface area contributed by atoms with Gasteiger partial charge in [0.1, 0.15) is 11.6 Å². The summed E-state index contributed by atoms with van der Waals surface area (Å²) >= 11 is 0. The summed E-state index contributed by atoms with van der Waals surface area (Å²) < 4.78 is 26.4. The summed E-state index contributed by atoms with van der Waals surface area (Å²) in [4.78, 5) is 13.6. The summed E-state index contributed by atoms with van der Waals surface area (Å²) in [6, 6.07) is 3.09. The van der Waals surface area contributed by atoms with Gasteiger partial charge in [0, 0.05) is 32.3 Å². The lowest BCUT2D eigenvalue weighted by Gasteiger charge is -2.23. The Morgan fingerprint density at radius 1 is 1.30 bits per heavy atom. The molecule has 1 amide bonds. The van der Waals surface area contributed by atoms with Crippen molar-refractivity contribution in [3.63, 3.8) is 0 Å². The second kappa shape index (κ2) is 7.33. The van der Waals surface area contributed by atoms with Crippen LogP contribution in [0.1, 0.15) is 25.8 Å². The Kier molecular flexibility index (Phi) is 6.07. The molecule has 0 fully saturated rings. The maximum atomic E-state index is 13.5. The molecule has 1 unspecified atom stereocenters. The largest absolute Gasteiger partial charge is 0.347 e. The van der Waals surface area contributed by atoms with Crippen molar-refractivity contribution in [2.45, 2.75) is 32.9 Å². The number of nitrogens with one attached hydrogen (secondary N) is 1. The topological polar surface area (TPSA) is 32.3 Å². The average molecular weight is 284 g/mol. The molecule has 112 valence electrons. The molecular formula is C15H22F2N2O. The van der Waals surface area contributed by atoms with Gasteiger partial charge in [-0.2, -0.15) is 0 Å². The van der Waals surface area contributed by atoms with Crippen molar-refractivity contribution >= 4 is 5.91 Å². The second-order valence-corrected chi connectivity index (χ2v) is 5.53. The zero-order valence-electron chi connectivity index (χ0n) is 12.4. The maximum absolute atomic E-state index is 13.5. The fraction of sp³-hybridized carbons (Fsp3) is 0.533. The van der Waals surface area contributed by atoms with Crippen LogP contribution in [0.25, 0.3) is 0 Å². The molecule has 0 spiro atoms. The Bertz CT molecular complexity index is 461. The molecule has 0 aliphatic carbocycles. The molecule has 1 N–H and O–H groups in total. The fourth-order valence-electron chi connectivity index (χ4n) is 1.95. The van der Waals surface area contributed by atoms with Crippen LogP contribution >= 0.6 is 0 Å². The molecule has 0 heterocycles. The molecule has 5 heteroatoms. The number of rotatable bonds is 6. The van der Waals surface area contributed by atoms with Crippen LogP contribution < -0.4 is 5.32 Å². The third-order valence-electron chi connectivity index (χ3n) is 3.00. The number of halogens is 2. The number of hydrogen-bond donors (Lipinski definition) is 1. The van der Waals surface area contributed by atoms with Gasteiger partial charge in [0.2, 0.25) is 5.91 Å². The van der Waals surface area contributed by atoms with E-state index in [1.807, 2.05) is 13.8 Å². The van der Waals surface area contributed by atoms with E-state index in [-0.39, 0.29) is 18.5 Å². The number of hydrogen-bond acceptors (Lipinski definition) is 2. The van der Waals surface area contributed by atoms with Gasteiger partial charge < -0.3 is 10.2 Å². The molecule has 1 atom stereocenters. The first-order valence-corrected chi connectivity index (χ1v) is 6.69. The fourth-order valence-corrected chi connectivity index (χ4v) is 1.95. The van der Waals surface area contributed by atoms with Crippen LogP contribution in [-0.4, -0.2) is 30.9 Å². The van der Waals surface area contributed by atoms with Crippen molar-refractivity contribution in [3.8, 4) is 0 Å². The van der Waals surface area contributed by atoms with Gasteiger partial charge >= 0.3 is 0 Å². The van der Waals surface area contributed by atoms with E-state index in [9.17, 15) is 13.6 Å². The Morgan fingerprint density at radius 3 is 2.45 bits per heavy atom. The van der Waals surface area contributed by atoms with E-state index in [4.69, 9.17) is 0 Å². The highest BCUT2D eigenvalue weighted by atomic mass is 19.1. The highest BCUT2D eigenvalue weighted by Gasteiger charge is 2.21. The van der Waals surface area contributed by atoms with Gasteiger partial charge in [-0.25, -0.2) is 8.78 Å². The van der Waals surface area contributed by atoms with Crippen LogP contribution in [0.3, 0.4) is 0 Å². The van der Waals surface area contributed by atoms with E-state index in [0.717, 1.165) is 6.07 Å². The summed E-state index contributed by atoms with van der Waals surface area (Å²) in [5, 5.41) is 3.06. The van der Waals surface area contributed by atoms with Gasteiger partial charge in [0.05, 0.1) is 6.04 Å². The number of amides is 1.